The minimum absolute atomic E-state index is 0.198. The van der Waals surface area contributed by atoms with Gasteiger partial charge in [-0.15, -0.1) is 0 Å². The number of anilines is 1. The number of hydrogen-bond donors (Lipinski definition) is 2. The molecule has 1 aromatic carbocycles. The van der Waals surface area contributed by atoms with Crippen molar-refractivity contribution >= 4 is 11.6 Å². The van der Waals surface area contributed by atoms with Crippen LogP contribution in [-0.4, -0.2) is 22.8 Å². The van der Waals surface area contributed by atoms with Gasteiger partial charge in [-0.2, -0.15) is 13.2 Å². The zero-order valence-corrected chi connectivity index (χ0v) is 10.3. The van der Waals surface area contributed by atoms with E-state index in [1.807, 2.05) is 0 Å². The molecular formula is C12H13F4NO2. The molecule has 1 aromatic rings. The number of nitrogens with one attached hydrogen (secondary N) is 1. The van der Waals surface area contributed by atoms with Gasteiger partial charge in [0.05, 0.1) is 6.42 Å². The minimum atomic E-state index is -4.90. The van der Waals surface area contributed by atoms with Crippen LogP contribution in [0, 0.1) is 12.7 Å². The molecule has 0 aromatic heterocycles. The first-order valence-corrected chi connectivity index (χ1v) is 5.38. The van der Waals surface area contributed by atoms with Gasteiger partial charge < -0.3 is 10.4 Å². The van der Waals surface area contributed by atoms with Crippen molar-refractivity contribution in [3.8, 4) is 0 Å². The highest BCUT2D eigenvalue weighted by Crippen LogP contribution is 2.32. The van der Waals surface area contributed by atoms with Crippen LogP contribution in [0.5, 0.6) is 0 Å². The number of aliphatic hydroxyl groups is 1. The first-order valence-electron chi connectivity index (χ1n) is 5.38. The number of carbonyl (C=O) groups excluding carboxylic acids is 1. The molecule has 0 unspecified atom stereocenters. The monoisotopic (exact) mass is 279 g/mol. The SMILES string of the molecule is Cc1cc(F)ccc1NC(=O)C[C@@](C)(O)C(F)(F)F. The van der Waals surface area contributed by atoms with E-state index in [0.717, 1.165) is 12.1 Å². The van der Waals surface area contributed by atoms with Crippen LogP contribution in [0.1, 0.15) is 18.9 Å². The van der Waals surface area contributed by atoms with Crippen molar-refractivity contribution in [1.29, 1.82) is 0 Å². The minimum Gasteiger partial charge on any atom is -0.380 e. The molecule has 3 nitrogen and oxygen atoms in total. The summed E-state index contributed by atoms with van der Waals surface area (Å²) in [7, 11) is 0. The van der Waals surface area contributed by atoms with E-state index in [1.165, 1.54) is 13.0 Å². The Kier molecular flexibility index (Phi) is 4.19. The maximum Gasteiger partial charge on any atom is 0.417 e. The van der Waals surface area contributed by atoms with Crippen molar-refractivity contribution in [2.24, 2.45) is 0 Å². The molecule has 2 N–H and O–H groups in total. The Morgan fingerprint density at radius 1 is 1.37 bits per heavy atom. The van der Waals surface area contributed by atoms with Gasteiger partial charge in [0.2, 0.25) is 5.91 Å². The lowest BCUT2D eigenvalue weighted by Gasteiger charge is -2.25. The van der Waals surface area contributed by atoms with Crippen LogP contribution >= 0.6 is 0 Å². The second kappa shape index (κ2) is 5.16. The van der Waals surface area contributed by atoms with Crippen molar-refractivity contribution in [2.45, 2.75) is 32.0 Å². The number of rotatable bonds is 3. The topological polar surface area (TPSA) is 49.3 Å². The molecule has 0 saturated carbocycles. The highest BCUT2D eigenvalue weighted by molar-refractivity contribution is 5.92. The lowest BCUT2D eigenvalue weighted by molar-refractivity contribution is -0.252. The van der Waals surface area contributed by atoms with Crippen molar-refractivity contribution < 1.29 is 27.5 Å². The van der Waals surface area contributed by atoms with Gasteiger partial charge in [0, 0.05) is 5.69 Å². The second-order valence-corrected chi connectivity index (χ2v) is 4.46. The van der Waals surface area contributed by atoms with Crippen LogP contribution in [0.4, 0.5) is 23.2 Å². The molecule has 0 radical (unpaired) electrons. The molecular weight excluding hydrogens is 266 g/mol. The summed E-state index contributed by atoms with van der Waals surface area (Å²) >= 11 is 0. The van der Waals surface area contributed by atoms with Crippen molar-refractivity contribution in [1.82, 2.24) is 0 Å². The average Bonchev–Trinajstić information content (AvgIpc) is 2.19. The van der Waals surface area contributed by atoms with E-state index in [0.29, 0.717) is 12.5 Å². The average molecular weight is 279 g/mol. The molecule has 0 aliphatic rings. The standard InChI is InChI=1S/C12H13F4NO2/c1-7-5-8(13)3-4-9(7)17-10(18)6-11(2,19)12(14,15)16/h3-5,19H,6H2,1-2H3,(H,17,18)/t11-/m1/s1. The highest BCUT2D eigenvalue weighted by atomic mass is 19.4. The Hall–Kier alpha value is -1.63. The molecule has 0 aliphatic heterocycles. The summed E-state index contributed by atoms with van der Waals surface area (Å²) in [6, 6.07) is 3.45. The third kappa shape index (κ3) is 3.92. The summed E-state index contributed by atoms with van der Waals surface area (Å²) in [4.78, 5) is 11.4. The predicted molar refractivity (Wildman–Crippen MR) is 61.1 cm³/mol. The quantitative estimate of drug-likeness (QED) is 0.836. The van der Waals surface area contributed by atoms with Gasteiger partial charge in [0.1, 0.15) is 5.82 Å². The van der Waals surface area contributed by atoms with Crippen LogP contribution in [0.3, 0.4) is 0 Å². The van der Waals surface area contributed by atoms with E-state index < -0.39 is 29.9 Å². The number of benzene rings is 1. The van der Waals surface area contributed by atoms with Gasteiger partial charge >= 0.3 is 6.18 Å². The number of halogens is 4. The zero-order chi connectivity index (χ0) is 14.8. The number of amides is 1. The van der Waals surface area contributed by atoms with Gasteiger partial charge in [-0.05, 0) is 37.6 Å². The third-order valence-electron chi connectivity index (χ3n) is 2.58. The number of hydrogen-bond acceptors (Lipinski definition) is 2. The van der Waals surface area contributed by atoms with Gasteiger partial charge in [-0.3, -0.25) is 4.79 Å². The fraction of sp³-hybridized carbons (Fsp3) is 0.417. The van der Waals surface area contributed by atoms with Crippen molar-refractivity contribution in [3.63, 3.8) is 0 Å². The fourth-order valence-electron chi connectivity index (χ4n) is 1.37. The molecule has 7 heteroatoms. The lowest BCUT2D eigenvalue weighted by atomic mass is 10.0. The molecule has 0 bridgehead atoms. The van der Waals surface area contributed by atoms with E-state index in [-0.39, 0.29) is 5.69 Å². The molecule has 1 atom stereocenters. The van der Waals surface area contributed by atoms with E-state index in [4.69, 9.17) is 5.11 Å². The summed E-state index contributed by atoms with van der Waals surface area (Å²) in [6.45, 7) is 2.02. The highest BCUT2D eigenvalue weighted by Gasteiger charge is 2.50. The summed E-state index contributed by atoms with van der Waals surface area (Å²) in [6.07, 6.45) is -6.03. The van der Waals surface area contributed by atoms with E-state index in [9.17, 15) is 22.4 Å². The Balaban J connectivity index is 2.76. The largest absolute Gasteiger partial charge is 0.417 e. The molecule has 1 rings (SSSR count). The first kappa shape index (κ1) is 15.4. The fourth-order valence-corrected chi connectivity index (χ4v) is 1.37. The molecule has 1 amide bonds. The summed E-state index contributed by atoms with van der Waals surface area (Å²) in [5.41, 5.74) is -2.53. The molecule has 0 spiro atoms. The number of alkyl halides is 3. The van der Waals surface area contributed by atoms with Crippen LogP contribution in [-0.2, 0) is 4.79 Å². The molecule has 0 saturated heterocycles. The van der Waals surface area contributed by atoms with Crippen LogP contribution in [0.2, 0.25) is 0 Å². The van der Waals surface area contributed by atoms with Crippen molar-refractivity contribution in [2.75, 3.05) is 5.32 Å². The molecule has 0 fully saturated rings. The Bertz CT molecular complexity index is 483. The van der Waals surface area contributed by atoms with Gasteiger partial charge in [0.25, 0.3) is 0 Å². The first-order chi connectivity index (χ1) is 8.53. The maximum atomic E-state index is 12.8. The van der Waals surface area contributed by atoms with Gasteiger partial charge in [-0.1, -0.05) is 0 Å². The number of aryl methyl sites for hydroxylation is 1. The molecule has 19 heavy (non-hydrogen) atoms. The smallest absolute Gasteiger partial charge is 0.380 e. The summed E-state index contributed by atoms with van der Waals surface area (Å²) in [5.74, 6) is -1.52. The zero-order valence-electron chi connectivity index (χ0n) is 10.3. The summed E-state index contributed by atoms with van der Waals surface area (Å²) in [5, 5.41) is 11.4. The van der Waals surface area contributed by atoms with Crippen LogP contribution < -0.4 is 5.32 Å². The van der Waals surface area contributed by atoms with Crippen molar-refractivity contribution in [3.05, 3.63) is 29.6 Å². The Morgan fingerprint density at radius 3 is 2.42 bits per heavy atom. The molecule has 106 valence electrons. The Morgan fingerprint density at radius 2 is 1.95 bits per heavy atom. The summed E-state index contributed by atoms with van der Waals surface area (Å²) < 4.78 is 50.0. The van der Waals surface area contributed by atoms with E-state index >= 15 is 0 Å². The van der Waals surface area contributed by atoms with Crippen LogP contribution in [0.15, 0.2) is 18.2 Å². The lowest BCUT2D eigenvalue weighted by Crippen LogP contribution is -2.44. The third-order valence-corrected chi connectivity index (χ3v) is 2.58. The Labute approximate surface area is 107 Å². The second-order valence-electron chi connectivity index (χ2n) is 4.46. The van der Waals surface area contributed by atoms with E-state index in [2.05, 4.69) is 5.32 Å². The molecule has 0 heterocycles. The van der Waals surface area contributed by atoms with Gasteiger partial charge in [-0.25, -0.2) is 4.39 Å². The van der Waals surface area contributed by atoms with Crippen LogP contribution in [0.25, 0.3) is 0 Å². The molecule has 0 aliphatic carbocycles. The van der Waals surface area contributed by atoms with E-state index in [1.54, 1.807) is 0 Å². The number of carbonyl (C=O) groups is 1. The normalized spacial score (nSPS) is 14.9. The maximum absolute atomic E-state index is 12.8. The predicted octanol–water partition coefficient (Wildman–Crippen LogP) is 2.78. The van der Waals surface area contributed by atoms with Gasteiger partial charge in [0.15, 0.2) is 5.60 Å².